The Morgan fingerprint density at radius 3 is 2.83 bits per heavy atom. The summed E-state index contributed by atoms with van der Waals surface area (Å²) in [6.07, 6.45) is 4.00. The second-order valence-electron chi connectivity index (χ2n) is 6.72. The van der Waals surface area contributed by atoms with Crippen molar-refractivity contribution in [1.82, 2.24) is 10.2 Å². The number of hydrogen-bond donors (Lipinski definition) is 2. The molecule has 2 fully saturated rings. The molecule has 3 rings (SSSR count). The van der Waals surface area contributed by atoms with Crippen LogP contribution in [0.2, 0.25) is 0 Å². The number of benzene rings is 1. The molecule has 0 radical (unpaired) electrons. The molecule has 2 saturated heterocycles. The smallest absolute Gasteiger partial charge is 0.225 e. The van der Waals surface area contributed by atoms with Gasteiger partial charge in [0.15, 0.2) is 0 Å². The first-order valence-corrected chi connectivity index (χ1v) is 9.21. The number of nitrogens with one attached hydrogen (secondary N) is 2. The molecule has 1 aromatic carbocycles. The molecule has 2 heterocycles. The van der Waals surface area contributed by atoms with E-state index in [1.165, 1.54) is 31.5 Å². The fourth-order valence-electron chi connectivity index (χ4n) is 3.71. The van der Waals surface area contributed by atoms with E-state index in [9.17, 15) is 4.79 Å². The molecule has 0 aliphatic carbocycles. The topological polar surface area (TPSA) is 53.6 Å². The molecule has 5 heteroatoms. The van der Waals surface area contributed by atoms with Crippen molar-refractivity contribution in [2.75, 3.05) is 38.2 Å². The van der Waals surface area contributed by atoms with Crippen molar-refractivity contribution in [2.45, 2.75) is 44.7 Å². The van der Waals surface area contributed by atoms with Gasteiger partial charge in [-0.15, -0.1) is 0 Å². The van der Waals surface area contributed by atoms with Gasteiger partial charge in [0.1, 0.15) is 0 Å². The number of anilines is 1. The highest BCUT2D eigenvalue weighted by atomic mass is 16.5. The predicted molar refractivity (Wildman–Crippen MR) is 96.3 cm³/mol. The number of rotatable bonds is 7. The minimum Gasteiger partial charge on any atom is -0.378 e. The van der Waals surface area contributed by atoms with Crippen LogP contribution in [0.3, 0.4) is 0 Å². The summed E-state index contributed by atoms with van der Waals surface area (Å²) >= 11 is 0. The lowest BCUT2D eigenvalue weighted by Crippen LogP contribution is -2.48. The quantitative estimate of drug-likeness (QED) is 0.803. The highest BCUT2D eigenvalue weighted by molar-refractivity contribution is 5.91. The van der Waals surface area contributed by atoms with Crippen molar-refractivity contribution in [3.05, 3.63) is 29.8 Å². The van der Waals surface area contributed by atoms with E-state index in [1.807, 2.05) is 18.2 Å². The van der Waals surface area contributed by atoms with E-state index in [0.29, 0.717) is 25.0 Å². The highest BCUT2D eigenvalue weighted by Crippen LogP contribution is 2.19. The Labute approximate surface area is 144 Å². The maximum atomic E-state index is 12.2. The molecule has 0 unspecified atom stereocenters. The van der Waals surface area contributed by atoms with Crippen LogP contribution in [0.25, 0.3) is 0 Å². The Balaban J connectivity index is 1.43. The van der Waals surface area contributed by atoms with Crippen LogP contribution >= 0.6 is 0 Å². The number of nitrogens with zero attached hydrogens (tertiary/aromatic N) is 1. The summed E-state index contributed by atoms with van der Waals surface area (Å²) < 4.78 is 5.66. The highest BCUT2D eigenvalue weighted by Gasteiger charge is 2.33. The minimum absolute atomic E-state index is 0.0695. The molecule has 0 aromatic heterocycles. The SMILES string of the molecule is CCc1ccccc1NC(=O)CCN[C@@H]1COC[C@H]1N1CCCC1. The van der Waals surface area contributed by atoms with Crippen LogP contribution in [-0.4, -0.2) is 55.7 Å². The Morgan fingerprint density at radius 2 is 2.04 bits per heavy atom. The molecule has 2 aliphatic heterocycles. The van der Waals surface area contributed by atoms with Crippen molar-refractivity contribution in [2.24, 2.45) is 0 Å². The molecule has 2 atom stereocenters. The van der Waals surface area contributed by atoms with Crippen LogP contribution < -0.4 is 10.6 Å². The standard InChI is InChI=1S/C19H29N3O2/c1-2-15-7-3-4-8-16(15)21-19(23)9-10-20-17-13-24-14-18(17)22-11-5-6-12-22/h3-4,7-8,17-18,20H,2,5-6,9-14H2,1H3,(H,21,23)/t17-,18-/m1/s1. The van der Waals surface area contributed by atoms with Crippen LogP contribution in [0.1, 0.15) is 31.7 Å². The van der Waals surface area contributed by atoms with E-state index in [2.05, 4.69) is 28.5 Å². The average molecular weight is 331 g/mol. The number of carbonyl (C=O) groups excluding carboxylic acids is 1. The monoisotopic (exact) mass is 331 g/mol. The van der Waals surface area contributed by atoms with Gasteiger partial charge < -0.3 is 15.4 Å². The maximum Gasteiger partial charge on any atom is 0.225 e. The largest absolute Gasteiger partial charge is 0.378 e. The van der Waals surface area contributed by atoms with E-state index < -0.39 is 0 Å². The third-order valence-electron chi connectivity index (χ3n) is 5.09. The predicted octanol–water partition coefficient (Wildman–Crippen LogP) is 2.03. The van der Waals surface area contributed by atoms with Gasteiger partial charge >= 0.3 is 0 Å². The number of amides is 1. The zero-order chi connectivity index (χ0) is 16.8. The lowest BCUT2D eigenvalue weighted by atomic mass is 10.1. The van der Waals surface area contributed by atoms with Crippen LogP contribution in [0, 0.1) is 0 Å². The van der Waals surface area contributed by atoms with E-state index >= 15 is 0 Å². The van der Waals surface area contributed by atoms with Crippen molar-refractivity contribution in [3.63, 3.8) is 0 Å². The van der Waals surface area contributed by atoms with Gasteiger partial charge in [-0.2, -0.15) is 0 Å². The molecule has 2 aliphatic rings. The van der Waals surface area contributed by atoms with Crippen LogP contribution in [-0.2, 0) is 16.0 Å². The number of aryl methyl sites for hydroxylation is 1. The summed E-state index contributed by atoms with van der Waals surface area (Å²) in [5.74, 6) is 0.0695. The van der Waals surface area contributed by atoms with Gasteiger partial charge in [0.25, 0.3) is 0 Å². The van der Waals surface area contributed by atoms with Gasteiger partial charge in [0, 0.05) is 24.7 Å². The van der Waals surface area contributed by atoms with E-state index in [4.69, 9.17) is 4.74 Å². The lowest BCUT2D eigenvalue weighted by Gasteiger charge is -2.28. The van der Waals surface area contributed by atoms with Gasteiger partial charge in [0.2, 0.25) is 5.91 Å². The van der Waals surface area contributed by atoms with Gasteiger partial charge in [0.05, 0.1) is 19.3 Å². The van der Waals surface area contributed by atoms with Crippen LogP contribution in [0.4, 0.5) is 5.69 Å². The third kappa shape index (κ3) is 4.35. The molecular weight excluding hydrogens is 302 g/mol. The average Bonchev–Trinajstić information content (AvgIpc) is 3.26. The summed E-state index contributed by atoms with van der Waals surface area (Å²) in [6.45, 7) is 6.72. The number of hydrogen-bond acceptors (Lipinski definition) is 4. The zero-order valence-electron chi connectivity index (χ0n) is 14.6. The molecule has 5 nitrogen and oxygen atoms in total. The van der Waals surface area contributed by atoms with Crippen LogP contribution in [0.15, 0.2) is 24.3 Å². The molecule has 0 bridgehead atoms. The van der Waals surface area contributed by atoms with Gasteiger partial charge in [-0.3, -0.25) is 9.69 Å². The van der Waals surface area contributed by atoms with E-state index in [0.717, 1.165) is 25.3 Å². The molecular formula is C19H29N3O2. The maximum absolute atomic E-state index is 12.2. The van der Waals surface area contributed by atoms with E-state index in [-0.39, 0.29) is 5.91 Å². The summed E-state index contributed by atoms with van der Waals surface area (Å²) in [6, 6.07) is 8.82. The summed E-state index contributed by atoms with van der Waals surface area (Å²) in [7, 11) is 0. The molecule has 2 N–H and O–H groups in total. The second kappa shape index (κ2) is 8.60. The zero-order valence-corrected chi connectivity index (χ0v) is 14.6. The fraction of sp³-hybridized carbons (Fsp3) is 0.632. The number of ether oxygens (including phenoxy) is 1. The third-order valence-corrected chi connectivity index (χ3v) is 5.09. The normalized spacial score (nSPS) is 24.4. The van der Waals surface area contributed by atoms with Gasteiger partial charge in [-0.25, -0.2) is 0 Å². The first-order chi connectivity index (χ1) is 11.8. The lowest BCUT2D eigenvalue weighted by molar-refractivity contribution is -0.116. The Morgan fingerprint density at radius 1 is 1.25 bits per heavy atom. The van der Waals surface area contributed by atoms with Crippen molar-refractivity contribution >= 4 is 11.6 Å². The van der Waals surface area contributed by atoms with E-state index in [1.54, 1.807) is 0 Å². The molecule has 132 valence electrons. The first kappa shape index (κ1) is 17.4. The van der Waals surface area contributed by atoms with Gasteiger partial charge in [-0.05, 0) is 44.0 Å². The summed E-state index contributed by atoms with van der Waals surface area (Å²) in [4.78, 5) is 14.7. The summed E-state index contributed by atoms with van der Waals surface area (Å²) in [5, 5.41) is 6.56. The number of likely N-dealkylation sites (tertiary alicyclic amines) is 1. The Kier molecular flexibility index (Phi) is 6.24. The fourth-order valence-corrected chi connectivity index (χ4v) is 3.71. The second-order valence-corrected chi connectivity index (χ2v) is 6.72. The van der Waals surface area contributed by atoms with Crippen molar-refractivity contribution in [1.29, 1.82) is 0 Å². The molecule has 0 spiro atoms. The number of carbonyl (C=O) groups is 1. The molecule has 1 amide bonds. The minimum atomic E-state index is 0.0695. The van der Waals surface area contributed by atoms with Crippen molar-refractivity contribution in [3.8, 4) is 0 Å². The summed E-state index contributed by atoms with van der Waals surface area (Å²) in [5.41, 5.74) is 2.11. The Bertz CT molecular complexity index is 543. The van der Waals surface area contributed by atoms with Crippen LogP contribution in [0.5, 0.6) is 0 Å². The molecule has 0 saturated carbocycles. The van der Waals surface area contributed by atoms with Gasteiger partial charge in [-0.1, -0.05) is 25.1 Å². The molecule has 24 heavy (non-hydrogen) atoms. The van der Waals surface area contributed by atoms with Crippen molar-refractivity contribution < 1.29 is 9.53 Å². The molecule has 1 aromatic rings. The number of para-hydroxylation sites is 1. The first-order valence-electron chi connectivity index (χ1n) is 9.21. The Hall–Kier alpha value is -1.43.